The molecule has 1 amide bonds. The van der Waals surface area contributed by atoms with Crippen LogP contribution in [-0.2, 0) is 17.9 Å². The lowest BCUT2D eigenvalue weighted by atomic mass is 9.76. The number of likely N-dealkylation sites (tertiary alicyclic amines) is 1. The summed E-state index contributed by atoms with van der Waals surface area (Å²) in [5.74, 6) is 1.12. The average Bonchev–Trinajstić information content (AvgIpc) is 3.38. The van der Waals surface area contributed by atoms with E-state index in [4.69, 9.17) is 4.42 Å². The van der Waals surface area contributed by atoms with Gasteiger partial charge in [-0.05, 0) is 61.9 Å². The summed E-state index contributed by atoms with van der Waals surface area (Å²) >= 11 is 0. The first-order valence-electron chi connectivity index (χ1n) is 9.59. The van der Waals surface area contributed by atoms with Gasteiger partial charge in [0, 0.05) is 25.2 Å². The summed E-state index contributed by atoms with van der Waals surface area (Å²) in [4.78, 5) is 19.9. The molecule has 4 rings (SSSR count). The molecule has 0 bridgehead atoms. The molecule has 138 valence electrons. The second-order valence-electron chi connectivity index (χ2n) is 7.83. The van der Waals surface area contributed by atoms with Crippen molar-refractivity contribution in [2.45, 2.75) is 45.7 Å². The van der Waals surface area contributed by atoms with Gasteiger partial charge in [-0.1, -0.05) is 12.5 Å². The van der Waals surface area contributed by atoms with Gasteiger partial charge in [-0.2, -0.15) is 0 Å². The smallest absolute Gasteiger partial charge is 0.224 e. The number of carbonyl (C=O) groups is 1. The van der Waals surface area contributed by atoms with E-state index in [9.17, 15) is 4.79 Å². The first kappa shape index (κ1) is 17.3. The van der Waals surface area contributed by atoms with Gasteiger partial charge in [-0.15, -0.1) is 0 Å². The number of pyridine rings is 1. The maximum absolute atomic E-state index is 12.8. The van der Waals surface area contributed by atoms with E-state index in [1.807, 2.05) is 24.4 Å². The molecule has 5 heteroatoms. The average molecular weight is 353 g/mol. The van der Waals surface area contributed by atoms with E-state index < -0.39 is 0 Å². The molecule has 1 saturated heterocycles. The number of rotatable bonds is 5. The van der Waals surface area contributed by atoms with Crippen molar-refractivity contribution >= 4 is 5.91 Å². The molecule has 2 atom stereocenters. The molecule has 1 aliphatic heterocycles. The number of carbonyl (C=O) groups excluding carboxylic acids is 1. The summed E-state index contributed by atoms with van der Waals surface area (Å²) in [5, 5.41) is 3.09. The molecule has 1 saturated carbocycles. The highest BCUT2D eigenvalue weighted by Gasteiger charge is 2.50. The van der Waals surface area contributed by atoms with Gasteiger partial charge in [0.1, 0.15) is 5.76 Å². The number of furan rings is 1. The highest BCUT2D eigenvalue weighted by molar-refractivity contribution is 5.80. The van der Waals surface area contributed by atoms with Crippen molar-refractivity contribution in [3.63, 3.8) is 0 Å². The maximum Gasteiger partial charge on any atom is 0.224 e. The normalized spacial score (nSPS) is 25.8. The quantitative estimate of drug-likeness (QED) is 0.896. The largest absolute Gasteiger partial charge is 0.467 e. The zero-order valence-corrected chi connectivity index (χ0v) is 15.4. The molecule has 2 aromatic heterocycles. The molecule has 1 N–H and O–H groups in total. The Balaban J connectivity index is 1.39. The molecule has 0 aromatic carbocycles. The van der Waals surface area contributed by atoms with Crippen molar-refractivity contribution in [3.8, 4) is 0 Å². The Morgan fingerprint density at radius 3 is 3.12 bits per heavy atom. The SMILES string of the molecule is Cc1cccnc1CN1CCC2(CCCC2C(=O)NCc2ccco2)C1. The molecular weight excluding hydrogens is 326 g/mol. The van der Waals surface area contributed by atoms with Crippen LogP contribution in [0, 0.1) is 18.3 Å². The summed E-state index contributed by atoms with van der Waals surface area (Å²) in [6, 6.07) is 7.86. The van der Waals surface area contributed by atoms with E-state index >= 15 is 0 Å². The number of nitrogens with one attached hydrogen (secondary N) is 1. The molecule has 5 nitrogen and oxygen atoms in total. The zero-order valence-electron chi connectivity index (χ0n) is 15.4. The fourth-order valence-corrected chi connectivity index (χ4v) is 4.76. The molecule has 1 spiro atoms. The minimum absolute atomic E-state index is 0.118. The van der Waals surface area contributed by atoms with Crippen LogP contribution in [0.4, 0.5) is 0 Å². The Morgan fingerprint density at radius 2 is 2.31 bits per heavy atom. The van der Waals surface area contributed by atoms with Crippen LogP contribution in [0.2, 0.25) is 0 Å². The van der Waals surface area contributed by atoms with Crippen molar-refractivity contribution in [2.24, 2.45) is 11.3 Å². The van der Waals surface area contributed by atoms with Gasteiger partial charge < -0.3 is 9.73 Å². The first-order valence-corrected chi connectivity index (χ1v) is 9.59. The van der Waals surface area contributed by atoms with Gasteiger partial charge in [-0.25, -0.2) is 0 Å². The van der Waals surface area contributed by atoms with Gasteiger partial charge in [0.05, 0.1) is 18.5 Å². The molecule has 26 heavy (non-hydrogen) atoms. The third kappa shape index (κ3) is 3.40. The molecule has 2 fully saturated rings. The molecule has 1 aliphatic carbocycles. The lowest BCUT2D eigenvalue weighted by molar-refractivity contribution is -0.128. The zero-order chi connectivity index (χ0) is 18.0. The minimum Gasteiger partial charge on any atom is -0.467 e. The lowest BCUT2D eigenvalue weighted by Gasteiger charge is -2.30. The Morgan fingerprint density at radius 1 is 1.38 bits per heavy atom. The molecule has 2 aliphatic rings. The molecule has 3 heterocycles. The van der Waals surface area contributed by atoms with E-state index in [-0.39, 0.29) is 17.2 Å². The van der Waals surface area contributed by atoms with Gasteiger partial charge in [0.25, 0.3) is 0 Å². The highest BCUT2D eigenvalue weighted by Crippen LogP contribution is 2.50. The van der Waals surface area contributed by atoms with Crippen molar-refractivity contribution in [1.82, 2.24) is 15.2 Å². The standard InChI is InChI=1S/C21H27N3O2/c1-16-5-3-10-22-19(16)14-24-11-9-21(15-24)8-2-7-18(21)20(25)23-13-17-6-4-12-26-17/h3-6,10,12,18H,2,7-9,11,13-15H2,1H3,(H,23,25). The van der Waals surface area contributed by atoms with E-state index in [0.717, 1.165) is 56.8 Å². The first-order chi connectivity index (χ1) is 12.7. The maximum atomic E-state index is 12.8. The topological polar surface area (TPSA) is 58.4 Å². The van der Waals surface area contributed by atoms with Gasteiger partial charge in [-0.3, -0.25) is 14.7 Å². The van der Waals surface area contributed by atoms with Crippen molar-refractivity contribution < 1.29 is 9.21 Å². The van der Waals surface area contributed by atoms with Crippen LogP contribution in [0.15, 0.2) is 41.1 Å². The van der Waals surface area contributed by atoms with E-state index in [1.165, 1.54) is 5.56 Å². The van der Waals surface area contributed by atoms with Crippen molar-refractivity contribution in [1.29, 1.82) is 0 Å². The van der Waals surface area contributed by atoms with E-state index in [2.05, 4.69) is 28.2 Å². The summed E-state index contributed by atoms with van der Waals surface area (Å²) < 4.78 is 5.33. The van der Waals surface area contributed by atoms with Gasteiger partial charge in [0.2, 0.25) is 5.91 Å². The van der Waals surface area contributed by atoms with Crippen molar-refractivity contribution in [2.75, 3.05) is 13.1 Å². The van der Waals surface area contributed by atoms with Crippen LogP contribution in [0.25, 0.3) is 0 Å². The third-order valence-electron chi connectivity index (χ3n) is 6.20. The summed E-state index contributed by atoms with van der Waals surface area (Å²) in [6.07, 6.45) is 7.93. The van der Waals surface area contributed by atoms with Crippen LogP contribution in [0.5, 0.6) is 0 Å². The number of amides is 1. The minimum atomic E-state index is 0.118. The summed E-state index contributed by atoms with van der Waals surface area (Å²) in [6.45, 7) is 5.54. The highest BCUT2D eigenvalue weighted by atomic mass is 16.3. The van der Waals surface area contributed by atoms with Crippen molar-refractivity contribution in [3.05, 3.63) is 53.7 Å². The molecule has 2 aromatic rings. The number of hydrogen-bond acceptors (Lipinski definition) is 4. The van der Waals surface area contributed by atoms with E-state index in [1.54, 1.807) is 6.26 Å². The summed E-state index contributed by atoms with van der Waals surface area (Å²) in [7, 11) is 0. The molecular formula is C21H27N3O2. The van der Waals surface area contributed by atoms with Gasteiger partial charge >= 0.3 is 0 Å². The van der Waals surface area contributed by atoms with Crippen LogP contribution in [0.1, 0.15) is 42.7 Å². The number of hydrogen-bond donors (Lipinski definition) is 1. The van der Waals surface area contributed by atoms with Crippen LogP contribution < -0.4 is 5.32 Å². The number of aromatic nitrogens is 1. The Kier molecular flexibility index (Phi) is 4.81. The number of aryl methyl sites for hydroxylation is 1. The predicted octanol–water partition coefficient (Wildman–Crippen LogP) is 3.29. The Labute approximate surface area is 154 Å². The fraction of sp³-hybridized carbons (Fsp3) is 0.524. The van der Waals surface area contributed by atoms with Crippen LogP contribution in [-0.4, -0.2) is 28.9 Å². The predicted molar refractivity (Wildman–Crippen MR) is 99.2 cm³/mol. The monoisotopic (exact) mass is 353 g/mol. The third-order valence-corrected chi connectivity index (χ3v) is 6.20. The summed E-state index contributed by atoms with van der Waals surface area (Å²) in [5.41, 5.74) is 2.53. The second-order valence-corrected chi connectivity index (χ2v) is 7.83. The Bertz CT molecular complexity index is 758. The fourth-order valence-electron chi connectivity index (χ4n) is 4.76. The number of nitrogens with zero attached hydrogens (tertiary/aromatic N) is 2. The van der Waals surface area contributed by atoms with Crippen LogP contribution in [0.3, 0.4) is 0 Å². The Hall–Kier alpha value is -2.14. The molecule has 0 radical (unpaired) electrons. The van der Waals surface area contributed by atoms with Crippen LogP contribution >= 0.6 is 0 Å². The second kappa shape index (κ2) is 7.23. The lowest BCUT2D eigenvalue weighted by Crippen LogP contribution is -2.40. The van der Waals surface area contributed by atoms with Gasteiger partial charge in [0.15, 0.2) is 0 Å². The van der Waals surface area contributed by atoms with E-state index in [0.29, 0.717) is 6.54 Å². The molecule has 2 unspecified atom stereocenters.